The summed E-state index contributed by atoms with van der Waals surface area (Å²) in [5.74, 6) is -1.20. The Kier molecular flexibility index (Phi) is 4.52. The fraction of sp³-hybridized carbons (Fsp3) is 0. The van der Waals surface area contributed by atoms with E-state index in [0.717, 1.165) is 12.1 Å². The number of anilines is 1. The first-order valence-corrected chi connectivity index (χ1v) is 7.22. The van der Waals surface area contributed by atoms with Crippen LogP contribution >= 0.6 is 0 Å². The van der Waals surface area contributed by atoms with E-state index >= 15 is 0 Å². The maximum atomic E-state index is 14.2. The Hall–Kier alpha value is -3.21. The quantitative estimate of drug-likeness (QED) is 0.715. The van der Waals surface area contributed by atoms with Gasteiger partial charge in [0.15, 0.2) is 0 Å². The van der Waals surface area contributed by atoms with Gasteiger partial charge in [-0.3, -0.25) is 5.32 Å². The van der Waals surface area contributed by atoms with Crippen molar-refractivity contribution >= 4 is 11.8 Å². The molecule has 0 heterocycles. The lowest BCUT2D eigenvalue weighted by Crippen LogP contribution is -2.17. The van der Waals surface area contributed by atoms with E-state index in [1.54, 1.807) is 60.7 Å². The second-order valence-electron chi connectivity index (χ2n) is 5.01. The Bertz CT molecular complexity index is 829. The predicted octanol–water partition coefficient (Wildman–Crippen LogP) is 5.24. The highest BCUT2D eigenvalue weighted by Crippen LogP contribution is 2.28. The zero-order valence-electron chi connectivity index (χ0n) is 12.5. The maximum Gasteiger partial charge on any atom is 0.417 e. The van der Waals surface area contributed by atoms with Crippen molar-refractivity contribution in [1.82, 2.24) is 0 Å². The largest absolute Gasteiger partial charge is 0.417 e. The lowest BCUT2D eigenvalue weighted by molar-refractivity contribution is 0.215. The maximum absolute atomic E-state index is 14.2. The van der Waals surface area contributed by atoms with Gasteiger partial charge in [0.1, 0.15) is 17.4 Å². The van der Waals surface area contributed by atoms with Gasteiger partial charge in [0.25, 0.3) is 0 Å². The molecule has 1 N–H and O–H groups in total. The molecule has 0 radical (unpaired) electrons. The number of para-hydroxylation sites is 1. The van der Waals surface area contributed by atoms with Crippen LogP contribution in [0.3, 0.4) is 0 Å². The van der Waals surface area contributed by atoms with Crippen LogP contribution < -0.4 is 10.1 Å². The summed E-state index contributed by atoms with van der Waals surface area (Å²) in [6.45, 7) is 0. The van der Waals surface area contributed by atoms with Crippen LogP contribution in [-0.2, 0) is 0 Å². The van der Waals surface area contributed by atoms with E-state index in [0.29, 0.717) is 11.3 Å². The molecule has 3 aromatic rings. The van der Waals surface area contributed by atoms with E-state index in [4.69, 9.17) is 4.74 Å². The molecular weight excluding hydrogens is 312 g/mol. The molecule has 0 aromatic heterocycles. The molecule has 0 unspecified atom stereocenters. The average Bonchev–Trinajstić information content (AvgIpc) is 2.56. The summed E-state index contributed by atoms with van der Waals surface area (Å²) in [5.41, 5.74) is 0.258. The highest BCUT2D eigenvalue weighted by atomic mass is 19.1. The molecule has 0 bridgehead atoms. The monoisotopic (exact) mass is 325 g/mol. The predicted molar refractivity (Wildman–Crippen MR) is 87.9 cm³/mol. The van der Waals surface area contributed by atoms with Crippen molar-refractivity contribution in [2.45, 2.75) is 0 Å². The minimum Gasteiger partial charge on any atom is -0.410 e. The number of amides is 1. The standard InChI is InChI=1S/C19H13F2NO2/c20-16-11-14(22-19(23)24-15-9-5-2-6-10-15)12-17(21)18(16)13-7-3-1-4-8-13/h1-12H,(H,22,23). The molecule has 0 atom stereocenters. The molecule has 24 heavy (non-hydrogen) atoms. The van der Waals surface area contributed by atoms with Crippen molar-refractivity contribution in [3.05, 3.63) is 84.4 Å². The van der Waals surface area contributed by atoms with E-state index in [2.05, 4.69) is 5.32 Å². The summed E-state index contributed by atoms with van der Waals surface area (Å²) in [6, 6.07) is 18.8. The topological polar surface area (TPSA) is 38.3 Å². The highest BCUT2D eigenvalue weighted by Gasteiger charge is 2.14. The molecule has 3 aromatic carbocycles. The van der Waals surface area contributed by atoms with Crippen molar-refractivity contribution < 1.29 is 18.3 Å². The van der Waals surface area contributed by atoms with Gasteiger partial charge < -0.3 is 4.74 Å². The Morgan fingerprint density at radius 2 is 1.38 bits per heavy atom. The fourth-order valence-corrected chi connectivity index (χ4v) is 2.26. The molecule has 0 fully saturated rings. The van der Waals surface area contributed by atoms with E-state index in [1.165, 1.54) is 0 Å². The third-order valence-corrected chi connectivity index (χ3v) is 3.30. The normalized spacial score (nSPS) is 10.2. The van der Waals surface area contributed by atoms with Crippen molar-refractivity contribution in [2.75, 3.05) is 5.32 Å². The second kappa shape index (κ2) is 6.91. The van der Waals surface area contributed by atoms with Crippen molar-refractivity contribution in [3.63, 3.8) is 0 Å². The van der Waals surface area contributed by atoms with Crippen LogP contribution in [-0.4, -0.2) is 6.09 Å². The van der Waals surface area contributed by atoms with Crippen LogP contribution in [0, 0.1) is 11.6 Å². The first-order chi connectivity index (χ1) is 11.6. The zero-order chi connectivity index (χ0) is 16.9. The lowest BCUT2D eigenvalue weighted by Gasteiger charge is -2.10. The third kappa shape index (κ3) is 3.57. The molecule has 0 aliphatic heterocycles. The highest BCUT2D eigenvalue weighted by molar-refractivity contribution is 5.86. The Balaban J connectivity index is 1.79. The number of rotatable bonds is 3. The molecule has 3 rings (SSSR count). The van der Waals surface area contributed by atoms with Gasteiger partial charge in [-0.05, 0) is 29.8 Å². The molecule has 0 aliphatic carbocycles. The number of hydrogen-bond donors (Lipinski definition) is 1. The van der Waals surface area contributed by atoms with Gasteiger partial charge in [-0.2, -0.15) is 0 Å². The molecule has 0 saturated heterocycles. The van der Waals surface area contributed by atoms with Crippen LogP contribution in [0.5, 0.6) is 5.75 Å². The summed E-state index contributed by atoms with van der Waals surface area (Å²) in [5, 5.41) is 2.31. The lowest BCUT2D eigenvalue weighted by atomic mass is 10.0. The van der Waals surface area contributed by atoms with Crippen LogP contribution in [0.25, 0.3) is 11.1 Å². The molecule has 5 heteroatoms. The van der Waals surface area contributed by atoms with Crippen LogP contribution in [0.4, 0.5) is 19.3 Å². The second-order valence-corrected chi connectivity index (χ2v) is 5.01. The van der Waals surface area contributed by atoms with Gasteiger partial charge >= 0.3 is 6.09 Å². The molecular formula is C19H13F2NO2. The fourth-order valence-electron chi connectivity index (χ4n) is 2.26. The smallest absolute Gasteiger partial charge is 0.410 e. The van der Waals surface area contributed by atoms with Crippen molar-refractivity contribution in [2.24, 2.45) is 0 Å². The van der Waals surface area contributed by atoms with E-state index in [-0.39, 0.29) is 11.3 Å². The number of carbonyl (C=O) groups excluding carboxylic acids is 1. The number of halogens is 2. The molecule has 3 nitrogen and oxygen atoms in total. The van der Waals surface area contributed by atoms with Gasteiger partial charge in [0, 0.05) is 5.69 Å². The molecule has 1 amide bonds. The van der Waals surface area contributed by atoms with Gasteiger partial charge in [0.2, 0.25) is 0 Å². The van der Waals surface area contributed by atoms with E-state index in [9.17, 15) is 13.6 Å². The SMILES string of the molecule is O=C(Nc1cc(F)c(-c2ccccc2)c(F)c1)Oc1ccccc1. The number of carbonyl (C=O) groups is 1. The Morgan fingerprint density at radius 3 is 1.96 bits per heavy atom. The first kappa shape index (κ1) is 15.7. The van der Waals surface area contributed by atoms with Gasteiger partial charge in [-0.25, -0.2) is 13.6 Å². The summed E-state index contributed by atoms with van der Waals surface area (Å²) < 4.78 is 33.5. The molecule has 0 aliphatic rings. The van der Waals surface area contributed by atoms with Crippen LogP contribution in [0.15, 0.2) is 72.8 Å². The molecule has 0 spiro atoms. The van der Waals surface area contributed by atoms with Crippen LogP contribution in [0.2, 0.25) is 0 Å². The van der Waals surface area contributed by atoms with Gasteiger partial charge in [-0.15, -0.1) is 0 Å². The Morgan fingerprint density at radius 1 is 0.833 bits per heavy atom. The number of nitrogens with one attached hydrogen (secondary N) is 1. The van der Waals surface area contributed by atoms with E-state index < -0.39 is 17.7 Å². The van der Waals surface area contributed by atoms with Gasteiger partial charge in [-0.1, -0.05) is 48.5 Å². The average molecular weight is 325 g/mol. The van der Waals surface area contributed by atoms with E-state index in [1.807, 2.05) is 0 Å². The minimum atomic E-state index is -0.826. The molecule has 0 saturated carbocycles. The Labute approximate surface area is 137 Å². The third-order valence-electron chi connectivity index (χ3n) is 3.30. The number of benzene rings is 3. The van der Waals surface area contributed by atoms with Crippen LogP contribution in [0.1, 0.15) is 0 Å². The number of ether oxygens (including phenoxy) is 1. The first-order valence-electron chi connectivity index (χ1n) is 7.22. The number of hydrogen-bond acceptors (Lipinski definition) is 2. The summed E-state index contributed by atoms with van der Waals surface area (Å²) in [7, 11) is 0. The summed E-state index contributed by atoms with van der Waals surface area (Å²) in [6.07, 6.45) is -0.826. The summed E-state index contributed by atoms with van der Waals surface area (Å²) >= 11 is 0. The van der Waals surface area contributed by atoms with Crippen molar-refractivity contribution in [1.29, 1.82) is 0 Å². The minimum absolute atomic E-state index is 0.0226. The zero-order valence-corrected chi connectivity index (χ0v) is 12.5. The molecule has 120 valence electrons. The van der Waals surface area contributed by atoms with Gasteiger partial charge in [0.05, 0.1) is 5.56 Å². The summed E-state index contributed by atoms with van der Waals surface area (Å²) in [4.78, 5) is 11.8. The van der Waals surface area contributed by atoms with Crippen molar-refractivity contribution in [3.8, 4) is 16.9 Å².